The van der Waals surface area contributed by atoms with Crippen molar-refractivity contribution in [2.45, 2.75) is 25.1 Å². The number of thiophene rings is 1. The number of alkyl halides is 3. The molecule has 0 fully saturated rings. The number of aryl methyl sites for hydroxylation is 1. The van der Waals surface area contributed by atoms with Gasteiger partial charge in [0.2, 0.25) is 0 Å². The van der Waals surface area contributed by atoms with E-state index >= 15 is 0 Å². The molecule has 2 rings (SSSR count). The van der Waals surface area contributed by atoms with Crippen LogP contribution in [0.1, 0.15) is 29.2 Å². The van der Waals surface area contributed by atoms with Crippen LogP contribution in [-0.4, -0.2) is 0 Å². The van der Waals surface area contributed by atoms with Crippen LogP contribution in [0.15, 0.2) is 41.1 Å². The Kier molecular flexibility index (Phi) is 4.27. The number of hydrogen-bond acceptors (Lipinski definition) is 2. The zero-order valence-electron chi connectivity index (χ0n) is 10.2. The largest absolute Gasteiger partial charge is 0.416 e. The summed E-state index contributed by atoms with van der Waals surface area (Å²) in [6.07, 6.45) is -3.16. The first-order valence-electron chi connectivity index (χ1n) is 5.91. The van der Waals surface area contributed by atoms with Gasteiger partial charge in [-0.2, -0.15) is 24.5 Å². The van der Waals surface area contributed by atoms with Gasteiger partial charge < -0.3 is 5.73 Å². The van der Waals surface area contributed by atoms with E-state index in [1.54, 1.807) is 17.4 Å². The number of benzene rings is 1. The van der Waals surface area contributed by atoms with E-state index in [1.165, 1.54) is 12.1 Å². The minimum absolute atomic E-state index is 0.172. The van der Waals surface area contributed by atoms with Crippen molar-refractivity contribution in [1.29, 1.82) is 0 Å². The fourth-order valence-electron chi connectivity index (χ4n) is 1.99. The second-order valence-corrected chi connectivity index (χ2v) is 5.14. The Balaban J connectivity index is 2.12. The molecule has 0 spiro atoms. The molecule has 1 heterocycles. The number of nitrogens with two attached hydrogens (primary N) is 1. The Morgan fingerprint density at radius 3 is 2.53 bits per heavy atom. The van der Waals surface area contributed by atoms with Crippen LogP contribution in [0.4, 0.5) is 13.2 Å². The van der Waals surface area contributed by atoms with Crippen molar-refractivity contribution < 1.29 is 13.2 Å². The van der Waals surface area contributed by atoms with Gasteiger partial charge in [-0.25, -0.2) is 0 Å². The lowest BCUT2D eigenvalue weighted by molar-refractivity contribution is -0.138. The van der Waals surface area contributed by atoms with Crippen LogP contribution in [0.2, 0.25) is 0 Å². The molecular weight excluding hydrogens is 271 g/mol. The molecule has 0 radical (unpaired) electrons. The minimum Gasteiger partial charge on any atom is -0.324 e. The third-order valence-electron chi connectivity index (χ3n) is 2.99. The van der Waals surface area contributed by atoms with Crippen molar-refractivity contribution in [3.8, 4) is 0 Å². The molecule has 0 bridgehead atoms. The van der Waals surface area contributed by atoms with E-state index < -0.39 is 17.8 Å². The first kappa shape index (κ1) is 14.1. The van der Waals surface area contributed by atoms with Gasteiger partial charge in [0.05, 0.1) is 5.56 Å². The Bertz CT molecular complexity index is 520. The van der Waals surface area contributed by atoms with Gasteiger partial charge in [0, 0.05) is 6.04 Å². The van der Waals surface area contributed by atoms with Gasteiger partial charge in [-0.3, -0.25) is 0 Å². The van der Waals surface area contributed by atoms with E-state index in [0.29, 0.717) is 12.8 Å². The summed E-state index contributed by atoms with van der Waals surface area (Å²) in [5.74, 6) is 0. The van der Waals surface area contributed by atoms with Crippen molar-refractivity contribution in [2.24, 2.45) is 5.73 Å². The molecule has 0 aliphatic heterocycles. The second-order valence-electron chi connectivity index (χ2n) is 4.36. The van der Waals surface area contributed by atoms with E-state index in [2.05, 4.69) is 0 Å². The average Bonchev–Trinajstić information content (AvgIpc) is 2.88. The lowest BCUT2D eigenvalue weighted by Gasteiger charge is -2.18. The fraction of sp³-hybridized carbons (Fsp3) is 0.286. The summed E-state index contributed by atoms with van der Waals surface area (Å²) in [4.78, 5) is 0. The summed E-state index contributed by atoms with van der Waals surface area (Å²) in [6, 6.07) is 6.89. The van der Waals surface area contributed by atoms with Gasteiger partial charge in [0.1, 0.15) is 0 Å². The van der Waals surface area contributed by atoms with Crippen LogP contribution < -0.4 is 5.73 Å². The molecule has 0 aliphatic carbocycles. The van der Waals surface area contributed by atoms with E-state index in [4.69, 9.17) is 5.73 Å². The maximum absolute atomic E-state index is 12.9. The van der Waals surface area contributed by atoms with E-state index in [9.17, 15) is 13.2 Å². The van der Waals surface area contributed by atoms with Gasteiger partial charge >= 0.3 is 6.18 Å². The molecule has 5 heteroatoms. The van der Waals surface area contributed by atoms with Gasteiger partial charge in [-0.1, -0.05) is 18.2 Å². The molecule has 2 N–H and O–H groups in total. The maximum atomic E-state index is 12.9. The Hall–Kier alpha value is -1.33. The highest BCUT2D eigenvalue weighted by molar-refractivity contribution is 7.07. The summed E-state index contributed by atoms with van der Waals surface area (Å²) >= 11 is 1.57. The van der Waals surface area contributed by atoms with E-state index in [-0.39, 0.29) is 5.56 Å². The minimum atomic E-state index is -4.35. The van der Waals surface area contributed by atoms with Gasteiger partial charge in [0.15, 0.2) is 0 Å². The highest BCUT2D eigenvalue weighted by Gasteiger charge is 2.34. The normalized spacial score (nSPS) is 13.5. The highest BCUT2D eigenvalue weighted by Crippen LogP contribution is 2.34. The molecule has 1 aromatic carbocycles. The molecule has 102 valence electrons. The van der Waals surface area contributed by atoms with Crippen LogP contribution in [0.25, 0.3) is 0 Å². The quantitative estimate of drug-likeness (QED) is 0.885. The standard InChI is InChI=1S/C14H14F3NS/c15-14(16,17)12-4-2-1-3-11(12)13(18)6-5-10-7-8-19-9-10/h1-4,7-9,13H,5-6,18H2. The Morgan fingerprint density at radius 2 is 1.89 bits per heavy atom. The monoisotopic (exact) mass is 285 g/mol. The van der Waals surface area contributed by atoms with E-state index in [1.807, 2.05) is 16.8 Å². The summed E-state index contributed by atoms with van der Waals surface area (Å²) in [6.45, 7) is 0. The van der Waals surface area contributed by atoms with Crippen molar-refractivity contribution in [3.63, 3.8) is 0 Å². The van der Waals surface area contributed by atoms with Crippen LogP contribution in [-0.2, 0) is 12.6 Å². The van der Waals surface area contributed by atoms with Crippen LogP contribution >= 0.6 is 11.3 Å². The van der Waals surface area contributed by atoms with Crippen LogP contribution in [0, 0.1) is 0 Å². The zero-order valence-corrected chi connectivity index (χ0v) is 11.0. The number of hydrogen-bond donors (Lipinski definition) is 1. The summed E-state index contributed by atoms with van der Waals surface area (Å²) in [5, 5.41) is 3.94. The molecule has 2 aromatic rings. The third-order valence-corrected chi connectivity index (χ3v) is 3.72. The van der Waals surface area contributed by atoms with Gasteiger partial charge in [-0.15, -0.1) is 0 Å². The maximum Gasteiger partial charge on any atom is 0.416 e. The highest BCUT2D eigenvalue weighted by atomic mass is 32.1. The molecule has 19 heavy (non-hydrogen) atoms. The molecule has 0 amide bonds. The lowest BCUT2D eigenvalue weighted by Crippen LogP contribution is -2.18. The molecule has 1 unspecified atom stereocenters. The first-order valence-corrected chi connectivity index (χ1v) is 6.85. The summed E-state index contributed by atoms with van der Waals surface area (Å²) in [7, 11) is 0. The predicted octanol–water partition coefficient (Wildman–Crippen LogP) is 4.40. The van der Waals surface area contributed by atoms with Crippen LogP contribution in [0.3, 0.4) is 0 Å². The summed E-state index contributed by atoms with van der Waals surface area (Å²) in [5.41, 5.74) is 6.57. The molecule has 1 aromatic heterocycles. The van der Waals surface area contributed by atoms with E-state index in [0.717, 1.165) is 11.6 Å². The predicted molar refractivity (Wildman–Crippen MR) is 71.0 cm³/mol. The van der Waals surface area contributed by atoms with Crippen molar-refractivity contribution in [2.75, 3.05) is 0 Å². The number of rotatable bonds is 4. The smallest absolute Gasteiger partial charge is 0.324 e. The third kappa shape index (κ3) is 3.58. The van der Waals surface area contributed by atoms with Crippen LogP contribution in [0.5, 0.6) is 0 Å². The topological polar surface area (TPSA) is 26.0 Å². The first-order chi connectivity index (χ1) is 8.98. The van der Waals surface area contributed by atoms with Gasteiger partial charge in [-0.05, 0) is 46.9 Å². The van der Waals surface area contributed by atoms with Gasteiger partial charge in [0.25, 0.3) is 0 Å². The average molecular weight is 285 g/mol. The molecule has 1 atom stereocenters. The molecule has 1 nitrogen and oxygen atoms in total. The van der Waals surface area contributed by atoms with Crippen molar-refractivity contribution in [3.05, 3.63) is 57.8 Å². The molecule has 0 aliphatic rings. The zero-order chi connectivity index (χ0) is 13.9. The molecule has 0 saturated carbocycles. The summed E-state index contributed by atoms with van der Waals surface area (Å²) < 4.78 is 38.6. The Morgan fingerprint density at radius 1 is 1.16 bits per heavy atom. The molecular formula is C14H14F3NS. The Labute approximate surface area is 113 Å². The number of halogens is 3. The lowest BCUT2D eigenvalue weighted by atomic mass is 9.96. The second kappa shape index (κ2) is 5.75. The SMILES string of the molecule is NC(CCc1ccsc1)c1ccccc1C(F)(F)F. The fourth-order valence-corrected chi connectivity index (χ4v) is 2.69. The van der Waals surface area contributed by atoms with Crippen molar-refractivity contribution >= 4 is 11.3 Å². The van der Waals surface area contributed by atoms with Crippen molar-refractivity contribution in [1.82, 2.24) is 0 Å². The molecule has 0 saturated heterocycles.